The maximum Gasteiger partial charge on any atom is 0.338 e. The highest BCUT2D eigenvalue weighted by atomic mass is 16.5. The van der Waals surface area contributed by atoms with Crippen molar-refractivity contribution in [1.82, 2.24) is 5.32 Å². The van der Waals surface area contributed by atoms with E-state index in [0.717, 1.165) is 0 Å². The minimum Gasteiger partial charge on any atom is -0.478 e. The van der Waals surface area contributed by atoms with Crippen LogP contribution in [-0.2, 0) is 4.74 Å². The summed E-state index contributed by atoms with van der Waals surface area (Å²) in [6.07, 6.45) is 0. The zero-order valence-corrected chi connectivity index (χ0v) is 11.2. The summed E-state index contributed by atoms with van der Waals surface area (Å²) < 4.78 is 4.90. The van der Waals surface area contributed by atoms with Gasteiger partial charge in [-0.3, -0.25) is 0 Å². The molecule has 2 amide bonds. The first-order chi connectivity index (χ1) is 8.95. The van der Waals surface area contributed by atoms with Gasteiger partial charge in [0, 0.05) is 7.11 Å². The number of aryl methyl sites for hydroxylation is 1. The average molecular weight is 266 g/mol. The van der Waals surface area contributed by atoms with Crippen LogP contribution >= 0.6 is 0 Å². The summed E-state index contributed by atoms with van der Waals surface area (Å²) in [7, 11) is 1.54. The number of nitrogens with one attached hydrogen (secondary N) is 2. The van der Waals surface area contributed by atoms with Gasteiger partial charge in [0.2, 0.25) is 0 Å². The van der Waals surface area contributed by atoms with Crippen LogP contribution in [0.1, 0.15) is 22.8 Å². The maximum absolute atomic E-state index is 11.7. The van der Waals surface area contributed by atoms with E-state index in [1.54, 1.807) is 39.2 Å². The van der Waals surface area contributed by atoms with Crippen molar-refractivity contribution in [3.8, 4) is 0 Å². The smallest absolute Gasteiger partial charge is 0.338 e. The molecule has 0 aliphatic heterocycles. The first kappa shape index (κ1) is 15.0. The number of carbonyl (C=O) groups excluding carboxylic acids is 1. The number of carbonyl (C=O) groups is 2. The van der Waals surface area contributed by atoms with Crippen LogP contribution in [-0.4, -0.2) is 36.9 Å². The molecule has 19 heavy (non-hydrogen) atoms. The van der Waals surface area contributed by atoms with Crippen molar-refractivity contribution in [2.45, 2.75) is 19.9 Å². The molecule has 0 radical (unpaired) electrons. The Morgan fingerprint density at radius 3 is 2.68 bits per heavy atom. The average Bonchev–Trinajstić information content (AvgIpc) is 2.28. The van der Waals surface area contributed by atoms with Gasteiger partial charge in [-0.1, -0.05) is 12.1 Å². The Kier molecular flexibility index (Phi) is 5.32. The summed E-state index contributed by atoms with van der Waals surface area (Å²) >= 11 is 0. The fourth-order valence-electron chi connectivity index (χ4n) is 1.73. The lowest BCUT2D eigenvalue weighted by Gasteiger charge is -2.15. The van der Waals surface area contributed by atoms with Crippen LogP contribution in [0.2, 0.25) is 0 Å². The lowest BCUT2D eigenvalue weighted by atomic mass is 10.1. The molecular weight excluding hydrogens is 248 g/mol. The first-order valence-electron chi connectivity index (χ1n) is 5.85. The van der Waals surface area contributed by atoms with Crippen LogP contribution in [0.4, 0.5) is 10.5 Å². The SMILES string of the molecule is COCC(C)NC(=O)Nc1cccc(C)c1C(=O)O. The maximum atomic E-state index is 11.7. The van der Waals surface area contributed by atoms with E-state index in [1.165, 1.54) is 0 Å². The Bertz CT molecular complexity index is 474. The molecule has 0 saturated heterocycles. The van der Waals surface area contributed by atoms with Gasteiger partial charge in [-0.05, 0) is 25.5 Å². The molecule has 0 aliphatic rings. The largest absolute Gasteiger partial charge is 0.478 e. The number of anilines is 1. The Balaban J connectivity index is 2.80. The third-order valence-electron chi connectivity index (χ3n) is 2.53. The summed E-state index contributed by atoms with van der Waals surface area (Å²) in [5.74, 6) is -1.07. The summed E-state index contributed by atoms with van der Waals surface area (Å²) in [5.41, 5.74) is 0.960. The third kappa shape index (κ3) is 4.26. The van der Waals surface area contributed by atoms with Crippen molar-refractivity contribution in [2.24, 2.45) is 0 Å². The summed E-state index contributed by atoms with van der Waals surface area (Å²) in [6, 6.07) is 4.30. The summed E-state index contributed by atoms with van der Waals surface area (Å²) in [5, 5.41) is 14.3. The van der Waals surface area contributed by atoms with E-state index in [0.29, 0.717) is 12.2 Å². The van der Waals surface area contributed by atoms with Gasteiger partial charge in [-0.2, -0.15) is 0 Å². The molecule has 104 valence electrons. The monoisotopic (exact) mass is 266 g/mol. The van der Waals surface area contributed by atoms with Crippen molar-refractivity contribution >= 4 is 17.7 Å². The van der Waals surface area contributed by atoms with Crippen LogP contribution in [0.5, 0.6) is 0 Å². The second-order valence-corrected chi connectivity index (χ2v) is 4.26. The minimum absolute atomic E-state index is 0.0945. The van der Waals surface area contributed by atoms with Crippen LogP contribution < -0.4 is 10.6 Å². The number of carboxylic acids is 1. The standard InChI is InChI=1S/C13H18N2O4/c1-8-5-4-6-10(11(8)12(16)17)15-13(18)14-9(2)7-19-3/h4-6,9H,7H2,1-3H3,(H,16,17)(H2,14,15,18). The Labute approximate surface area is 111 Å². The molecule has 1 rings (SSSR count). The van der Waals surface area contributed by atoms with Gasteiger partial charge in [0.25, 0.3) is 0 Å². The van der Waals surface area contributed by atoms with E-state index in [4.69, 9.17) is 9.84 Å². The normalized spacial score (nSPS) is 11.7. The molecule has 1 aromatic rings. The van der Waals surface area contributed by atoms with Crippen molar-refractivity contribution in [1.29, 1.82) is 0 Å². The van der Waals surface area contributed by atoms with Crippen molar-refractivity contribution < 1.29 is 19.4 Å². The van der Waals surface area contributed by atoms with E-state index < -0.39 is 12.0 Å². The number of amides is 2. The molecule has 6 nitrogen and oxygen atoms in total. The van der Waals surface area contributed by atoms with Gasteiger partial charge in [0.05, 0.1) is 23.9 Å². The number of hydrogen-bond acceptors (Lipinski definition) is 3. The zero-order chi connectivity index (χ0) is 14.4. The molecule has 0 heterocycles. The lowest BCUT2D eigenvalue weighted by molar-refractivity contribution is 0.0697. The van der Waals surface area contributed by atoms with Gasteiger partial charge in [0.1, 0.15) is 0 Å². The predicted molar refractivity (Wildman–Crippen MR) is 71.6 cm³/mol. The van der Waals surface area contributed by atoms with Gasteiger partial charge in [-0.25, -0.2) is 9.59 Å². The Hall–Kier alpha value is -2.08. The number of urea groups is 1. The van der Waals surface area contributed by atoms with Gasteiger partial charge in [-0.15, -0.1) is 0 Å². The molecule has 1 unspecified atom stereocenters. The quantitative estimate of drug-likeness (QED) is 0.759. The number of methoxy groups -OCH3 is 1. The van der Waals surface area contributed by atoms with Crippen molar-refractivity contribution in [3.63, 3.8) is 0 Å². The lowest BCUT2D eigenvalue weighted by Crippen LogP contribution is -2.38. The Morgan fingerprint density at radius 2 is 2.11 bits per heavy atom. The number of hydrogen-bond donors (Lipinski definition) is 3. The molecule has 0 saturated carbocycles. The number of aromatic carboxylic acids is 1. The highest BCUT2D eigenvalue weighted by Gasteiger charge is 2.15. The fourth-order valence-corrected chi connectivity index (χ4v) is 1.73. The van der Waals surface area contributed by atoms with Gasteiger partial charge < -0.3 is 20.5 Å². The fraction of sp³-hybridized carbons (Fsp3) is 0.385. The van der Waals surface area contributed by atoms with Crippen LogP contribution in [0.3, 0.4) is 0 Å². The Morgan fingerprint density at radius 1 is 1.42 bits per heavy atom. The van der Waals surface area contributed by atoms with E-state index in [1.807, 2.05) is 0 Å². The highest BCUT2D eigenvalue weighted by Crippen LogP contribution is 2.19. The molecule has 6 heteroatoms. The number of benzene rings is 1. The van der Waals surface area contributed by atoms with Crippen LogP contribution in [0, 0.1) is 6.92 Å². The molecule has 3 N–H and O–H groups in total. The predicted octanol–water partition coefficient (Wildman–Crippen LogP) is 1.85. The van der Waals surface area contributed by atoms with E-state index in [-0.39, 0.29) is 17.3 Å². The molecule has 1 atom stereocenters. The molecular formula is C13H18N2O4. The molecule has 1 aromatic carbocycles. The second kappa shape index (κ2) is 6.75. The van der Waals surface area contributed by atoms with Crippen LogP contribution in [0.15, 0.2) is 18.2 Å². The zero-order valence-electron chi connectivity index (χ0n) is 11.2. The second-order valence-electron chi connectivity index (χ2n) is 4.26. The molecule has 0 spiro atoms. The summed E-state index contributed by atoms with van der Waals surface area (Å²) in [4.78, 5) is 22.9. The van der Waals surface area contributed by atoms with E-state index >= 15 is 0 Å². The topological polar surface area (TPSA) is 87.7 Å². The van der Waals surface area contributed by atoms with Gasteiger partial charge in [0.15, 0.2) is 0 Å². The minimum atomic E-state index is -1.07. The van der Waals surface area contributed by atoms with Gasteiger partial charge >= 0.3 is 12.0 Å². The van der Waals surface area contributed by atoms with Crippen molar-refractivity contribution in [3.05, 3.63) is 29.3 Å². The number of carboxylic acid groups (broad SMARTS) is 1. The summed E-state index contributed by atoms with van der Waals surface area (Å²) in [6.45, 7) is 3.85. The van der Waals surface area contributed by atoms with E-state index in [9.17, 15) is 9.59 Å². The van der Waals surface area contributed by atoms with Crippen molar-refractivity contribution in [2.75, 3.05) is 19.0 Å². The number of rotatable bonds is 5. The molecule has 0 aromatic heterocycles. The molecule has 0 fully saturated rings. The number of ether oxygens (including phenoxy) is 1. The molecule has 0 bridgehead atoms. The first-order valence-corrected chi connectivity index (χ1v) is 5.85. The molecule has 0 aliphatic carbocycles. The van der Waals surface area contributed by atoms with E-state index in [2.05, 4.69) is 10.6 Å². The third-order valence-corrected chi connectivity index (χ3v) is 2.53. The van der Waals surface area contributed by atoms with Crippen LogP contribution in [0.25, 0.3) is 0 Å². The highest BCUT2D eigenvalue weighted by molar-refractivity contribution is 6.01.